The van der Waals surface area contributed by atoms with Gasteiger partial charge in [0.15, 0.2) is 16.6 Å². The number of hydrogen-bond acceptors (Lipinski definition) is 2. The molecule has 2 atom stereocenters. The number of rotatable bonds is 3. The lowest BCUT2D eigenvalue weighted by Gasteiger charge is -2.32. The van der Waals surface area contributed by atoms with Gasteiger partial charge in [-0.3, -0.25) is 4.99 Å². The largest absolute Gasteiger partial charge is 0.455 e. The van der Waals surface area contributed by atoms with Crippen LogP contribution in [0.1, 0.15) is 35.4 Å². The molecule has 0 fully saturated rings. The molecule has 0 spiro atoms. The van der Waals surface area contributed by atoms with Crippen LogP contribution in [0.4, 0.5) is 0 Å². The fraction of sp³-hybridized carbons (Fsp3) is 0.0980. The first-order valence-corrected chi connectivity index (χ1v) is 19.2. The molecular weight excluding hydrogens is 671 g/mol. The van der Waals surface area contributed by atoms with Gasteiger partial charge in [-0.2, -0.15) is 9.13 Å². The standard InChI is InChI=1S/C51H38N3O/c1-3-43-39-20-10-9-19-38(39)40-29-26-35-27-30-42-41-21-11-14-24-47(41)55-50(42)48(35)51-53(32(2)31-44(40)52-43)45-22-12-13-23-46(45)54(51)49-36-18-8-7-17-34(36)25-28-37(49)33-15-5-4-6-16-33/h3-25,27-28,30,40,44H,1-2,26,29,31H2/q+1. The van der Waals surface area contributed by atoms with Crippen LogP contribution in [0.3, 0.4) is 0 Å². The normalized spacial score (nSPS) is 16.7. The number of imidazole rings is 1. The second kappa shape index (κ2) is 12.4. The van der Waals surface area contributed by atoms with Crippen LogP contribution < -0.4 is 4.57 Å². The van der Waals surface area contributed by atoms with Gasteiger partial charge in [-0.1, -0.05) is 141 Å². The van der Waals surface area contributed by atoms with Crippen molar-refractivity contribution in [1.29, 1.82) is 0 Å². The van der Waals surface area contributed by atoms with Crippen LogP contribution in [0.15, 0.2) is 180 Å². The van der Waals surface area contributed by atoms with Gasteiger partial charge in [0.1, 0.15) is 22.5 Å². The van der Waals surface area contributed by atoms with Gasteiger partial charge in [0, 0.05) is 39.6 Å². The molecule has 262 valence electrons. The summed E-state index contributed by atoms with van der Waals surface area (Å²) in [5.41, 5.74) is 14.3. The number of allylic oxidation sites excluding steroid dienone is 1. The van der Waals surface area contributed by atoms with Crippen molar-refractivity contribution >= 4 is 55.2 Å². The first kappa shape index (κ1) is 31.7. The highest BCUT2D eigenvalue weighted by atomic mass is 16.3. The maximum absolute atomic E-state index is 7.00. The summed E-state index contributed by atoms with van der Waals surface area (Å²) in [5, 5.41) is 4.60. The summed E-state index contributed by atoms with van der Waals surface area (Å²) in [6.07, 6.45) is 4.39. The molecule has 4 heterocycles. The minimum absolute atomic E-state index is 0.00628. The van der Waals surface area contributed by atoms with Gasteiger partial charge < -0.3 is 4.42 Å². The maximum atomic E-state index is 7.00. The molecule has 0 radical (unpaired) electrons. The Bertz CT molecular complexity index is 3070. The molecule has 55 heavy (non-hydrogen) atoms. The Balaban J connectivity index is 1.30. The molecule has 2 aromatic heterocycles. The van der Waals surface area contributed by atoms with E-state index >= 15 is 0 Å². The van der Waals surface area contributed by atoms with Crippen LogP contribution in [0.25, 0.3) is 77.6 Å². The number of nitrogens with zero attached hydrogens (tertiary/aromatic N) is 3. The molecule has 0 bridgehead atoms. The van der Waals surface area contributed by atoms with E-state index in [1.165, 1.54) is 27.5 Å². The molecule has 0 saturated carbocycles. The zero-order valence-electron chi connectivity index (χ0n) is 30.5. The highest BCUT2D eigenvalue weighted by Gasteiger charge is 2.39. The number of furan rings is 1. The topological polar surface area (TPSA) is 34.3 Å². The quantitative estimate of drug-likeness (QED) is 0.168. The van der Waals surface area contributed by atoms with E-state index < -0.39 is 0 Å². The molecule has 4 nitrogen and oxygen atoms in total. The Morgan fingerprint density at radius 2 is 1.47 bits per heavy atom. The highest BCUT2D eigenvalue weighted by molar-refractivity contribution is 6.11. The predicted molar refractivity (Wildman–Crippen MR) is 227 cm³/mol. The second-order valence-corrected chi connectivity index (χ2v) is 14.9. The molecular formula is C51H38N3O+. The van der Waals surface area contributed by atoms with Crippen molar-refractivity contribution in [2.24, 2.45) is 4.99 Å². The number of fused-ring (bicyclic) bond motifs is 13. The fourth-order valence-corrected chi connectivity index (χ4v) is 9.51. The maximum Gasteiger partial charge on any atom is 0.304 e. The molecule has 0 aliphatic carbocycles. The molecule has 0 saturated heterocycles. The van der Waals surface area contributed by atoms with Gasteiger partial charge >= 0.3 is 5.82 Å². The van der Waals surface area contributed by atoms with Crippen molar-refractivity contribution in [3.8, 4) is 28.2 Å². The number of aromatic nitrogens is 2. The third kappa shape index (κ3) is 4.77. The predicted octanol–water partition coefficient (Wildman–Crippen LogP) is 12.3. The average Bonchev–Trinajstić information content (AvgIpc) is 3.78. The van der Waals surface area contributed by atoms with Gasteiger partial charge in [-0.15, -0.1) is 0 Å². The van der Waals surface area contributed by atoms with Crippen molar-refractivity contribution in [3.05, 3.63) is 188 Å². The Morgan fingerprint density at radius 3 is 2.36 bits per heavy atom. The number of aliphatic imine (C=N–C) groups is 1. The Hall–Kier alpha value is -6.78. The van der Waals surface area contributed by atoms with Gasteiger partial charge in [-0.05, 0) is 65.3 Å². The van der Waals surface area contributed by atoms with Crippen LogP contribution in [0.2, 0.25) is 0 Å². The first-order valence-electron chi connectivity index (χ1n) is 19.2. The van der Waals surface area contributed by atoms with Crippen LogP contribution >= 0.6 is 0 Å². The van der Waals surface area contributed by atoms with Crippen LogP contribution in [0.5, 0.6) is 0 Å². The zero-order valence-corrected chi connectivity index (χ0v) is 30.5. The van der Waals surface area contributed by atoms with E-state index in [9.17, 15) is 0 Å². The molecule has 11 rings (SSSR count). The monoisotopic (exact) mass is 708 g/mol. The lowest BCUT2D eigenvalue weighted by Crippen LogP contribution is -2.38. The summed E-state index contributed by atoms with van der Waals surface area (Å²) in [4.78, 5) is 5.43. The Morgan fingerprint density at radius 1 is 0.709 bits per heavy atom. The molecule has 2 aliphatic heterocycles. The highest BCUT2D eigenvalue weighted by Crippen LogP contribution is 2.46. The lowest BCUT2D eigenvalue weighted by atomic mass is 9.78. The lowest BCUT2D eigenvalue weighted by molar-refractivity contribution is -0.542. The second-order valence-electron chi connectivity index (χ2n) is 14.9. The van der Waals surface area contributed by atoms with Gasteiger partial charge in [-0.25, -0.2) is 0 Å². The van der Waals surface area contributed by atoms with Crippen molar-refractivity contribution in [2.75, 3.05) is 0 Å². The molecule has 0 amide bonds. The summed E-state index contributed by atoms with van der Waals surface area (Å²) >= 11 is 0. The summed E-state index contributed by atoms with van der Waals surface area (Å²) in [6.45, 7) is 9.14. The van der Waals surface area contributed by atoms with Crippen molar-refractivity contribution in [1.82, 2.24) is 4.57 Å². The third-order valence-electron chi connectivity index (χ3n) is 11.9. The number of hydrogen-bond donors (Lipinski definition) is 0. The SMILES string of the molecule is C=CC1=NC2CC(=C)[n+]3c(n(-c4c(-c5ccccc5)ccc5ccccc45)c4ccccc43)-c3c(ccc4c3oc3ccccc34)CCC2c2ccccc21. The van der Waals surface area contributed by atoms with E-state index in [0.717, 1.165) is 85.4 Å². The average molecular weight is 709 g/mol. The van der Waals surface area contributed by atoms with E-state index in [0.29, 0.717) is 6.42 Å². The fourth-order valence-electron chi connectivity index (χ4n) is 9.51. The molecule has 4 heteroatoms. The summed E-state index contributed by atoms with van der Waals surface area (Å²) < 4.78 is 11.9. The Kier molecular flexibility index (Phi) is 7.15. The van der Waals surface area contributed by atoms with Crippen molar-refractivity contribution in [2.45, 2.75) is 31.2 Å². The molecule has 2 unspecified atom stereocenters. The van der Waals surface area contributed by atoms with E-state index in [1.54, 1.807) is 0 Å². The van der Waals surface area contributed by atoms with Crippen LogP contribution in [-0.4, -0.2) is 16.3 Å². The van der Waals surface area contributed by atoms with Gasteiger partial charge in [0.05, 0.1) is 11.8 Å². The number of aryl methyl sites for hydroxylation is 1. The third-order valence-corrected chi connectivity index (χ3v) is 11.9. The Labute approximate surface area is 319 Å². The zero-order chi connectivity index (χ0) is 36.6. The van der Waals surface area contributed by atoms with Crippen LogP contribution in [-0.2, 0) is 6.42 Å². The van der Waals surface area contributed by atoms with E-state index in [1.807, 2.05) is 6.08 Å². The van der Waals surface area contributed by atoms with Gasteiger partial charge in [0.25, 0.3) is 0 Å². The molecule has 7 aromatic carbocycles. The first-order chi connectivity index (χ1) is 27.2. The molecule has 9 aromatic rings. The van der Waals surface area contributed by atoms with E-state index in [4.69, 9.17) is 16.0 Å². The minimum atomic E-state index is 0.00628. The molecule has 0 N–H and O–H groups in total. The smallest absolute Gasteiger partial charge is 0.304 e. The van der Waals surface area contributed by atoms with Crippen molar-refractivity contribution < 1.29 is 8.98 Å². The van der Waals surface area contributed by atoms with E-state index in [2.05, 4.69) is 167 Å². The van der Waals surface area contributed by atoms with Crippen LogP contribution in [0, 0.1) is 0 Å². The van der Waals surface area contributed by atoms with Gasteiger partial charge in [0.2, 0.25) is 0 Å². The summed E-state index contributed by atoms with van der Waals surface area (Å²) in [6, 6.07) is 54.6. The number of para-hydroxylation sites is 3. The van der Waals surface area contributed by atoms with Crippen molar-refractivity contribution in [3.63, 3.8) is 0 Å². The summed E-state index contributed by atoms with van der Waals surface area (Å²) in [5.74, 6) is 1.26. The summed E-state index contributed by atoms with van der Waals surface area (Å²) in [7, 11) is 0. The molecule has 2 aliphatic rings. The van der Waals surface area contributed by atoms with E-state index in [-0.39, 0.29) is 12.0 Å². The number of benzene rings is 7. The minimum Gasteiger partial charge on any atom is -0.455 e.